The highest BCUT2D eigenvalue weighted by atomic mass is 16.5. The molecule has 4 heteroatoms. The van der Waals surface area contributed by atoms with Crippen molar-refractivity contribution in [2.45, 2.75) is 32.5 Å². The average molecular weight is 236 g/mol. The standard InChI is InChI=1S/C13H20N2O2/c1-13(2,12(14)16)15-8-10-5-4-6-11(7-10)9-17-3/h4-7,15H,8-9H2,1-3H3,(H2,14,16). The molecular formula is C13H20N2O2. The Balaban J connectivity index is 2.63. The smallest absolute Gasteiger partial charge is 0.237 e. The predicted octanol–water partition coefficient (Wildman–Crippen LogP) is 1.19. The van der Waals surface area contributed by atoms with Gasteiger partial charge in [0, 0.05) is 13.7 Å². The Hall–Kier alpha value is -1.39. The van der Waals surface area contributed by atoms with Gasteiger partial charge in [-0.25, -0.2) is 0 Å². The van der Waals surface area contributed by atoms with Crippen LogP contribution in [0.5, 0.6) is 0 Å². The van der Waals surface area contributed by atoms with Gasteiger partial charge in [-0.2, -0.15) is 0 Å². The molecule has 0 aromatic heterocycles. The van der Waals surface area contributed by atoms with Crippen molar-refractivity contribution < 1.29 is 9.53 Å². The van der Waals surface area contributed by atoms with Crippen LogP contribution < -0.4 is 11.1 Å². The predicted molar refractivity (Wildman–Crippen MR) is 67.3 cm³/mol. The molecule has 0 aliphatic carbocycles. The third kappa shape index (κ3) is 4.17. The SMILES string of the molecule is COCc1cccc(CNC(C)(C)C(N)=O)c1. The molecule has 0 aliphatic heterocycles. The maximum absolute atomic E-state index is 11.2. The molecule has 0 atom stereocenters. The van der Waals surface area contributed by atoms with E-state index in [9.17, 15) is 4.79 Å². The number of benzene rings is 1. The van der Waals surface area contributed by atoms with E-state index in [4.69, 9.17) is 10.5 Å². The van der Waals surface area contributed by atoms with Gasteiger partial charge in [-0.1, -0.05) is 24.3 Å². The molecule has 0 saturated heterocycles. The van der Waals surface area contributed by atoms with Gasteiger partial charge in [-0.05, 0) is 25.0 Å². The molecule has 0 unspecified atom stereocenters. The highest BCUT2D eigenvalue weighted by Gasteiger charge is 2.23. The van der Waals surface area contributed by atoms with Gasteiger partial charge in [0.25, 0.3) is 0 Å². The fourth-order valence-electron chi connectivity index (χ4n) is 1.41. The molecule has 0 bridgehead atoms. The van der Waals surface area contributed by atoms with E-state index in [1.165, 1.54) is 0 Å². The van der Waals surface area contributed by atoms with Crippen molar-refractivity contribution in [2.75, 3.05) is 7.11 Å². The number of hydrogen-bond acceptors (Lipinski definition) is 3. The number of primary amides is 1. The third-order valence-electron chi connectivity index (χ3n) is 2.65. The Morgan fingerprint density at radius 3 is 2.65 bits per heavy atom. The molecule has 1 amide bonds. The maximum Gasteiger partial charge on any atom is 0.237 e. The zero-order valence-corrected chi connectivity index (χ0v) is 10.6. The van der Waals surface area contributed by atoms with Gasteiger partial charge in [0.15, 0.2) is 0 Å². The van der Waals surface area contributed by atoms with E-state index in [-0.39, 0.29) is 5.91 Å². The van der Waals surface area contributed by atoms with Gasteiger partial charge < -0.3 is 10.5 Å². The first-order chi connectivity index (χ1) is 7.95. The second kappa shape index (κ2) is 5.80. The van der Waals surface area contributed by atoms with Crippen molar-refractivity contribution >= 4 is 5.91 Å². The van der Waals surface area contributed by atoms with Crippen molar-refractivity contribution in [3.63, 3.8) is 0 Å². The maximum atomic E-state index is 11.2. The number of carbonyl (C=O) groups excluding carboxylic acids is 1. The van der Waals surface area contributed by atoms with Crippen LogP contribution in [0.2, 0.25) is 0 Å². The van der Waals surface area contributed by atoms with Crippen LogP contribution in [0, 0.1) is 0 Å². The summed E-state index contributed by atoms with van der Waals surface area (Å²) in [6, 6.07) is 8.03. The first kappa shape index (κ1) is 13.7. The minimum Gasteiger partial charge on any atom is -0.380 e. The number of hydrogen-bond donors (Lipinski definition) is 2. The zero-order valence-electron chi connectivity index (χ0n) is 10.6. The van der Waals surface area contributed by atoms with Gasteiger partial charge in [0.1, 0.15) is 0 Å². The molecule has 0 aliphatic rings. The molecular weight excluding hydrogens is 216 g/mol. The molecule has 0 fully saturated rings. The van der Waals surface area contributed by atoms with Gasteiger partial charge >= 0.3 is 0 Å². The van der Waals surface area contributed by atoms with E-state index in [1.54, 1.807) is 21.0 Å². The molecule has 4 nitrogen and oxygen atoms in total. The summed E-state index contributed by atoms with van der Waals surface area (Å²) in [5.41, 5.74) is 6.81. The summed E-state index contributed by atoms with van der Waals surface area (Å²) in [5, 5.41) is 3.13. The number of rotatable bonds is 6. The summed E-state index contributed by atoms with van der Waals surface area (Å²) in [7, 11) is 1.67. The van der Waals surface area contributed by atoms with Crippen LogP contribution >= 0.6 is 0 Å². The second-order valence-corrected chi connectivity index (χ2v) is 4.60. The van der Waals surface area contributed by atoms with Gasteiger partial charge in [-0.3, -0.25) is 10.1 Å². The van der Waals surface area contributed by atoms with Crippen molar-refractivity contribution in [3.05, 3.63) is 35.4 Å². The Labute approximate surface area is 102 Å². The number of nitrogens with one attached hydrogen (secondary N) is 1. The quantitative estimate of drug-likeness (QED) is 0.779. The van der Waals surface area contributed by atoms with E-state index in [0.29, 0.717) is 13.2 Å². The molecule has 0 heterocycles. The molecule has 0 saturated carbocycles. The Morgan fingerprint density at radius 2 is 2.06 bits per heavy atom. The molecule has 17 heavy (non-hydrogen) atoms. The van der Waals surface area contributed by atoms with E-state index in [1.807, 2.05) is 24.3 Å². The van der Waals surface area contributed by atoms with Gasteiger partial charge in [-0.15, -0.1) is 0 Å². The first-order valence-corrected chi connectivity index (χ1v) is 5.57. The summed E-state index contributed by atoms with van der Waals surface area (Å²) in [6.07, 6.45) is 0. The third-order valence-corrected chi connectivity index (χ3v) is 2.65. The molecule has 1 aromatic carbocycles. The fraction of sp³-hybridized carbons (Fsp3) is 0.462. The van der Waals surface area contributed by atoms with E-state index >= 15 is 0 Å². The second-order valence-electron chi connectivity index (χ2n) is 4.60. The van der Waals surface area contributed by atoms with E-state index in [0.717, 1.165) is 11.1 Å². The lowest BCUT2D eigenvalue weighted by molar-refractivity contribution is -0.123. The van der Waals surface area contributed by atoms with Crippen molar-refractivity contribution in [2.24, 2.45) is 5.73 Å². The number of nitrogens with two attached hydrogens (primary N) is 1. The molecule has 1 aromatic rings. The number of amides is 1. The summed E-state index contributed by atoms with van der Waals surface area (Å²) in [6.45, 7) is 4.74. The molecule has 94 valence electrons. The van der Waals surface area contributed by atoms with E-state index < -0.39 is 5.54 Å². The minimum absolute atomic E-state index is 0.356. The van der Waals surface area contributed by atoms with Crippen LogP contribution in [0.4, 0.5) is 0 Å². The minimum atomic E-state index is -0.697. The van der Waals surface area contributed by atoms with Crippen LogP contribution in [0.15, 0.2) is 24.3 Å². The summed E-state index contributed by atoms with van der Waals surface area (Å²) in [4.78, 5) is 11.2. The van der Waals surface area contributed by atoms with Crippen LogP contribution in [0.25, 0.3) is 0 Å². The van der Waals surface area contributed by atoms with Crippen molar-refractivity contribution in [3.8, 4) is 0 Å². The summed E-state index contributed by atoms with van der Waals surface area (Å²) < 4.78 is 5.07. The Bertz CT molecular complexity index is 389. The lowest BCUT2D eigenvalue weighted by Crippen LogP contribution is -2.50. The molecule has 1 rings (SSSR count). The lowest BCUT2D eigenvalue weighted by Gasteiger charge is -2.22. The topological polar surface area (TPSA) is 64.3 Å². The summed E-state index contributed by atoms with van der Waals surface area (Å²) >= 11 is 0. The van der Waals surface area contributed by atoms with E-state index in [2.05, 4.69) is 5.32 Å². The van der Waals surface area contributed by atoms with Crippen LogP contribution in [0.1, 0.15) is 25.0 Å². The first-order valence-electron chi connectivity index (χ1n) is 5.57. The highest BCUT2D eigenvalue weighted by molar-refractivity contribution is 5.83. The number of methoxy groups -OCH3 is 1. The lowest BCUT2D eigenvalue weighted by atomic mass is 10.0. The largest absolute Gasteiger partial charge is 0.380 e. The van der Waals surface area contributed by atoms with Gasteiger partial charge in [0.2, 0.25) is 5.91 Å². The number of ether oxygens (including phenoxy) is 1. The van der Waals surface area contributed by atoms with Crippen molar-refractivity contribution in [1.82, 2.24) is 5.32 Å². The number of carbonyl (C=O) groups is 1. The molecule has 0 spiro atoms. The normalized spacial score (nSPS) is 11.5. The van der Waals surface area contributed by atoms with Crippen molar-refractivity contribution in [1.29, 1.82) is 0 Å². The monoisotopic (exact) mass is 236 g/mol. The average Bonchev–Trinajstić information content (AvgIpc) is 2.27. The Kier molecular flexibility index (Phi) is 4.66. The van der Waals surface area contributed by atoms with Crippen LogP contribution in [-0.2, 0) is 22.7 Å². The van der Waals surface area contributed by atoms with Crippen LogP contribution in [-0.4, -0.2) is 18.6 Å². The molecule has 3 N–H and O–H groups in total. The fourth-order valence-corrected chi connectivity index (χ4v) is 1.41. The summed E-state index contributed by atoms with van der Waals surface area (Å²) in [5.74, 6) is -0.356. The van der Waals surface area contributed by atoms with Crippen LogP contribution in [0.3, 0.4) is 0 Å². The molecule has 0 radical (unpaired) electrons. The van der Waals surface area contributed by atoms with Gasteiger partial charge in [0.05, 0.1) is 12.1 Å². The Morgan fingerprint density at radius 1 is 1.41 bits per heavy atom. The highest BCUT2D eigenvalue weighted by Crippen LogP contribution is 2.08. The zero-order chi connectivity index (χ0) is 12.9.